The van der Waals surface area contributed by atoms with Crippen molar-refractivity contribution in [3.05, 3.63) is 46.5 Å². The molecule has 0 saturated heterocycles. The molecule has 0 fully saturated rings. The molecule has 8 heteroatoms. The standard InChI is InChI=1S/C11H11Cl2N5O/c12-9-2-1-3-10(13)8(9)5-19-17-11(14)4-18-7-15-6-16-18/h1-3,6-7H,4-5H2,(H2,14,17). The maximum Gasteiger partial charge on any atom is 0.161 e. The van der Waals surface area contributed by atoms with Crippen LogP contribution < -0.4 is 5.73 Å². The molecule has 1 aromatic heterocycles. The molecular weight excluding hydrogens is 289 g/mol. The highest BCUT2D eigenvalue weighted by Gasteiger charge is 2.05. The van der Waals surface area contributed by atoms with Gasteiger partial charge in [-0.05, 0) is 12.1 Å². The lowest BCUT2D eigenvalue weighted by molar-refractivity contribution is 0.129. The molecule has 0 radical (unpaired) electrons. The summed E-state index contributed by atoms with van der Waals surface area (Å²) in [6.07, 6.45) is 2.95. The second-order valence-electron chi connectivity index (χ2n) is 3.65. The van der Waals surface area contributed by atoms with Crippen molar-refractivity contribution in [3.63, 3.8) is 0 Å². The van der Waals surface area contributed by atoms with E-state index in [1.54, 1.807) is 18.2 Å². The first-order valence-corrected chi connectivity index (χ1v) is 6.12. The topological polar surface area (TPSA) is 78.3 Å². The van der Waals surface area contributed by atoms with E-state index in [1.807, 2.05) is 0 Å². The van der Waals surface area contributed by atoms with Gasteiger partial charge in [0.25, 0.3) is 0 Å². The van der Waals surface area contributed by atoms with E-state index in [2.05, 4.69) is 15.2 Å². The fraction of sp³-hybridized carbons (Fsp3) is 0.182. The van der Waals surface area contributed by atoms with Crippen LogP contribution in [-0.2, 0) is 18.0 Å². The predicted molar refractivity (Wildman–Crippen MR) is 72.9 cm³/mol. The molecule has 19 heavy (non-hydrogen) atoms. The second kappa shape index (κ2) is 6.40. The van der Waals surface area contributed by atoms with Gasteiger partial charge in [-0.25, -0.2) is 9.67 Å². The van der Waals surface area contributed by atoms with E-state index in [9.17, 15) is 0 Å². The van der Waals surface area contributed by atoms with E-state index in [4.69, 9.17) is 33.8 Å². The van der Waals surface area contributed by atoms with E-state index in [-0.39, 0.29) is 12.4 Å². The molecule has 0 spiro atoms. The fourth-order valence-corrected chi connectivity index (χ4v) is 1.87. The van der Waals surface area contributed by atoms with E-state index < -0.39 is 0 Å². The molecule has 6 nitrogen and oxygen atoms in total. The molecule has 0 aliphatic carbocycles. The fourth-order valence-electron chi connectivity index (χ4n) is 1.36. The van der Waals surface area contributed by atoms with Gasteiger partial charge >= 0.3 is 0 Å². The summed E-state index contributed by atoms with van der Waals surface area (Å²) < 4.78 is 1.53. The highest BCUT2D eigenvalue weighted by Crippen LogP contribution is 2.24. The lowest BCUT2D eigenvalue weighted by Gasteiger charge is -2.06. The quantitative estimate of drug-likeness (QED) is 0.521. The number of halogens is 2. The van der Waals surface area contributed by atoms with Crippen LogP contribution in [-0.4, -0.2) is 20.6 Å². The van der Waals surface area contributed by atoms with Crippen molar-refractivity contribution in [1.29, 1.82) is 0 Å². The average molecular weight is 300 g/mol. The third kappa shape index (κ3) is 3.84. The molecule has 2 rings (SSSR count). The van der Waals surface area contributed by atoms with E-state index in [0.717, 1.165) is 0 Å². The van der Waals surface area contributed by atoms with Crippen molar-refractivity contribution in [1.82, 2.24) is 14.8 Å². The minimum atomic E-state index is 0.149. The first kappa shape index (κ1) is 13.6. The molecular formula is C11H11Cl2N5O. The van der Waals surface area contributed by atoms with Gasteiger partial charge in [0, 0.05) is 15.6 Å². The van der Waals surface area contributed by atoms with Crippen LogP contribution in [0.1, 0.15) is 5.56 Å². The Labute approximate surface area is 119 Å². The Morgan fingerprint density at radius 2 is 2.11 bits per heavy atom. The zero-order valence-corrected chi connectivity index (χ0v) is 11.3. The van der Waals surface area contributed by atoms with Crippen molar-refractivity contribution in [3.8, 4) is 0 Å². The first-order chi connectivity index (χ1) is 9.16. The molecule has 2 N–H and O–H groups in total. The van der Waals surface area contributed by atoms with Crippen LogP contribution in [0.15, 0.2) is 36.0 Å². The van der Waals surface area contributed by atoms with E-state index in [1.165, 1.54) is 17.3 Å². The van der Waals surface area contributed by atoms with Crippen LogP contribution in [0.3, 0.4) is 0 Å². The summed E-state index contributed by atoms with van der Waals surface area (Å²) in [7, 11) is 0. The van der Waals surface area contributed by atoms with Crippen LogP contribution in [0.4, 0.5) is 0 Å². The lowest BCUT2D eigenvalue weighted by Crippen LogP contribution is -2.20. The van der Waals surface area contributed by atoms with Gasteiger partial charge < -0.3 is 10.6 Å². The van der Waals surface area contributed by atoms with Gasteiger partial charge in [-0.1, -0.05) is 34.4 Å². The normalized spacial score (nSPS) is 11.6. The Balaban J connectivity index is 1.92. The van der Waals surface area contributed by atoms with Crippen molar-refractivity contribution >= 4 is 29.0 Å². The molecule has 1 heterocycles. The maximum absolute atomic E-state index is 5.99. The average Bonchev–Trinajstić information content (AvgIpc) is 2.85. The Morgan fingerprint density at radius 1 is 1.37 bits per heavy atom. The number of rotatable bonds is 5. The van der Waals surface area contributed by atoms with Gasteiger partial charge in [0.15, 0.2) is 5.84 Å². The summed E-state index contributed by atoms with van der Waals surface area (Å²) in [6.45, 7) is 0.451. The monoisotopic (exact) mass is 299 g/mol. The van der Waals surface area contributed by atoms with Gasteiger partial charge in [-0.3, -0.25) is 0 Å². The molecule has 0 aliphatic rings. The molecule has 0 bridgehead atoms. The number of hydrogen-bond acceptors (Lipinski definition) is 4. The van der Waals surface area contributed by atoms with Gasteiger partial charge in [-0.15, -0.1) is 0 Å². The van der Waals surface area contributed by atoms with Crippen molar-refractivity contribution in [2.45, 2.75) is 13.2 Å². The van der Waals surface area contributed by atoms with Gasteiger partial charge in [0.2, 0.25) is 0 Å². The lowest BCUT2D eigenvalue weighted by atomic mass is 10.2. The Kier molecular flexibility index (Phi) is 4.59. The van der Waals surface area contributed by atoms with Crippen LogP contribution in [0.25, 0.3) is 0 Å². The summed E-state index contributed by atoms with van der Waals surface area (Å²) in [5, 5.41) is 8.71. The minimum absolute atomic E-state index is 0.149. The van der Waals surface area contributed by atoms with E-state index in [0.29, 0.717) is 22.2 Å². The highest BCUT2D eigenvalue weighted by atomic mass is 35.5. The molecule has 0 atom stereocenters. The molecule has 2 aromatic rings. The summed E-state index contributed by atoms with van der Waals surface area (Å²) in [5.41, 5.74) is 6.35. The number of oxime groups is 1. The number of nitrogens with zero attached hydrogens (tertiary/aromatic N) is 4. The molecule has 0 aliphatic heterocycles. The Hall–Kier alpha value is -1.79. The van der Waals surface area contributed by atoms with Crippen molar-refractivity contribution in [2.24, 2.45) is 10.9 Å². The van der Waals surface area contributed by atoms with Gasteiger partial charge in [0.05, 0.1) is 0 Å². The number of benzene rings is 1. The van der Waals surface area contributed by atoms with E-state index >= 15 is 0 Å². The summed E-state index contributed by atoms with van der Waals surface area (Å²) in [4.78, 5) is 8.92. The smallest absolute Gasteiger partial charge is 0.161 e. The second-order valence-corrected chi connectivity index (χ2v) is 4.46. The van der Waals surface area contributed by atoms with Gasteiger partial charge in [-0.2, -0.15) is 5.10 Å². The maximum atomic E-state index is 5.99. The summed E-state index contributed by atoms with van der Waals surface area (Å²) in [6, 6.07) is 5.22. The molecule has 100 valence electrons. The zero-order valence-electron chi connectivity index (χ0n) is 9.83. The van der Waals surface area contributed by atoms with Crippen LogP contribution in [0, 0.1) is 0 Å². The third-order valence-electron chi connectivity index (χ3n) is 2.24. The summed E-state index contributed by atoms with van der Waals surface area (Å²) in [5.74, 6) is 0.272. The number of amidine groups is 1. The molecule has 1 aromatic carbocycles. The largest absolute Gasteiger partial charge is 0.389 e. The van der Waals surface area contributed by atoms with Crippen LogP contribution in [0.5, 0.6) is 0 Å². The van der Waals surface area contributed by atoms with Crippen LogP contribution in [0.2, 0.25) is 10.0 Å². The van der Waals surface area contributed by atoms with Crippen molar-refractivity contribution in [2.75, 3.05) is 0 Å². The summed E-state index contributed by atoms with van der Waals surface area (Å²) >= 11 is 12.0. The Bertz CT molecular complexity index is 550. The predicted octanol–water partition coefficient (Wildman–Crippen LogP) is 2.07. The molecule has 0 saturated carbocycles. The first-order valence-electron chi connectivity index (χ1n) is 5.36. The highest BCUT2D eigenvalue weighted by molar-refractivity contribution is 6.35. The number of aromatic nitrogens is 3. The number of nitrogens with two attached hydrogens (primary N) is 1. The number of hydrogen-bond donors (Lipinski definition) is 1. The molecule has 0 amide bonds. The van der Waals surface area contributed by atoms with Gasteiger partial charge in [0.1, 0.15) is 25.8 Å². The Morgan fingerprint density at radius 3 is 2.74 bits per heavy atom. The molecule has 0 unspecified atom stereocenters. The van der Waals surface area contributed by atoms with Crippen LogP contribution >= 0.6 is 23.2 Å². The zero-order chi connectivity index (χ0) is 13.7. The van der Waals surface area contributed by atoms with Crippen molar-refractivity contribution < 1.29 is 4.84 Å². The SMILES string of the molecule is NC(Cn1cncn1)=NOCc1c(Cl)cccc1Cl. The minimum Gasteiger partial charge on any atom is -0.389 e. The third-order valence-corrected chi connectivity index (χ3v) is 2.95.